The second-order valence-corrected chi connectivity index (χ2v) is 9.33. The number of nitrogens with zero attached hydrogens (tertiary/aromatic N) is 2. The summed E-state index contributed by atoms with van der Waals surface area (Å²) in [6.45, 7) is 4.93. The minimum absolute atomic E-state index is 0.0230. The van der Waals surface area contributed by atoms with Gasteiger partial charge in [0.2, 0.25) is 0 Å². The van der Waals surface area contributed by atoms with Gasteiger partial charge in [0.1, 0.15) is 11.4 Å². The van der Waals surface area contributed by atoms with Crippen LogP contribution in [-0.4, -0.2) is 45.2 Å². The third-order valence-electron chi connectivity index (χ3n) is 6.00. The van der Waals surface area contributed by atoms with Gasteiger partial charge >= 0.3 is 0 Å². The Morgan fingerprint density at radius 2 is 2.19 bits per heavy atom. The van der Waals surface area contributed by atoms with Crippen LogP contribution in [0.4, 0.5) is 0 Å². The molecule has 2 N–H and O–H groups in total. The van der Waals surface area contributed by atoms with Gasteiger partial charge in [0, 0.05) is 12.3 Å². The number of imidazole rings is 1. The highest BCUT2D eigenvalue weighted by molar-refractivity contribution is 7.98. The maximum Gasteiger partial charge on any atom is 0.263 e. The lowest BCUT2D eigenvalue weighted by atomic mass is 10.1. The van der Waals surface area contributed by atoms with E-state index in [-0.39, 0.29) is 29.2 Å². The van der Waals surface area contributed by atoms with Crippen LogP contribution in [0, 0.1) is 13.8 Å². The zero-order chi connectivity index (χ0) is 22.7. The number of ether oxygens (including phenoxy) is 1. The van der Waals surface area contributed by atoms with E-state index in [1.807, 2.05) is 50.4 Å². The van der Waals surface area contributed by atoms with Crippen LogP contribution >= 0.6 is 11.8 Å². The molecule has 4 rings (SSSR count). The topological polar surface area (TPSA) is 89.0 Å². The van der Waals surface area contributed by atoms with E-state index in [0.717, 1.165) is 41.9 Å². The lowest BCUT2D eigenvalue weighted by Crippen LogP contribution is -2.38. The molecule has 0 aliphatic carbocycles. The Balaban J connectivity index is 1.63. The predicted molar refractivity (Wildman–Crippen MR) is 128 cm³/mol. The summed E-state index contributed by atoms with van der Waals surface area (Å²) in [6.07, 6.45) is 4.71. The minimum atomic E-state index is -0.361. The molecule has 7 nitrogen and oxygen atoms in total. The van der Waals surface area contributed by atoms with Gasteiger partial charge in [-0.1, -0.05) is 12.1 Å². The standard InChI is InChI=1S/C24H30N4O3S/c1-15-13-16(2)28(14-17-7-6-11-31-17)24(30)21(15)23(29)27-20(10-12-32-3)22-25-18-8-4-5-9-19(18)26-22/h4-5,8-9,13,17,20H,6-7,10-12,14H2,1-3H3,(H,25,26)(H,27,29)/t17-,20-/m1/s1. The van der Waals surface area contributed by atoms with Crippen molar-refractivity contribution in [2.45, 2.75) is 51.8 Å². The number of nitrogens with one attached hydrogen (secondary N) is 2. The average Bonchev–Trinajstić information content (AvgIpc) is 3.43. The van der Waals surface area contributed by atoms with E-state index in [1.165, 1.54) is 0 Å². The Labute approximate surface area is 192 Å². The monoisotopic (exact) mass is 454 g/mol. The molecule has 0 bridgehead atoms. The Bertz CT molecular complexity index is 1130. The summed E-state index contributed by atoms with van der Waals surface area (Å²) >= 11 is 1.71. The van der Waals surface area contributed by atoms with E-state index in [0.29, 0.717) is 24.4 Å². The van der Waals surface area contributed by atoms with E-state index < -0.39 is 0 Å². The van der Waals surface area contributed by atoms with Gasteiger partial charge in [0.25, 0.3) is 11.5 Å². The molecular weight excluding hydrogens is 424 g/mol. The van der Waals surface area contributed by atoms with Crippen molar-refractivity contribution in [3.05, 3.63) is 63.3 Å². The first kappa shape index (κ1) is 22.6. The quantitative estimate of drug-likeness (QED) is 0.541. The summed E-state index contributed by atoms with van der Waals surface area (Å²) in [5.74, 6) is 1.20. The third kappa shape index (κ3) is 4.76. The fourth-order valence-corrected chi connectivity index (χ4v) is 4.77. The molecule has 3 heterocycles. The minimum Gasteiger partial charge on any atom is -0.376 e. The SMILES string of the molecule is CSCC[C@@H](NC(=O)c1c(C)cc(C)n(C[C@H]2CCCO2)c1=O)c1nc2ccccc2[nH]1. The molecule has 2 atom stereocenters. The number of carbonyl (C=O) groups is 1. The molecule has 2 aromatic heterocycles. The van der Waals surface area contributed by atoms with Gasteiger partial charge in [-0.15, -0.1) is 0 Å². The number of hydrogen-bond donors (Lipinski definition) is 2. The van der Waals surface area contributed by atoms with Crippen LogP contribution in [0.15, 0.2) is 35.1 Å². The predicted octanol–water partition coefficient (Wildman–Crippen LogP) is 3.74. The van der Waals surface area contributed by atoms with Crippen molar-refractivity contribution in [3.8, 4) is 0 Å². The summed E-state index contributed by atoms with van der Waals surface area (Å²) in [4.78, 5) is 34.7. The van der Waals surface area contributed by atoms with Gasteiger partial charge in [-0.3, -0.25) is 9.59 Å². The van der Waals surface area contributed by atoms with Crippen LogP contribution in [0.25, 0.3) is 11.0 Å². The molecule has 1 fully saturated rings. The molecule has 1 saturated heterocycles. The average molecular weight is 455 g/mol. The fraction of sp³-hybridized carbons (Fsp3) is 0.458. The molecule has 8 heteroatoms. The van der Waals surface area contributed by atoms with Gasteiger partial charge < -0.3 is 19.6 Å². The van der Waals surface area contributed by atoms with Crippen molar-refractivity contribution in [1.82, 2.24) is 19.9 Å². The van der Waals surface area contributed by atoms with E-state index in [2.05, 4.69) is 15.3 Å². The number of H-pyrrole nitrogens is 1. The Kier molecular flexibility index (Phi) is 7.01. The molecule has 0 spiro atoms. The molecule has 32 heavy (non-hydrogen) atoms. The molecule has 170 valence electrons. The number of benzene rings is 1. The molecule has 1 aliphatic heterocycles. The normalized spacial score (nSPS) is 17.0. The lowest BCUT2D eigenvalue weighted by Gasteiger charge is -2.20. The summed E-state index contributed by atoms with van der Waals surface area (Å²) in [5, 5.41) is 3.08. The summed E-state index contributed by atoms with van der Waals surface area (Å²) in [6, 6.07) is 9.39. The zero-order valence-corrected chi connectivity index (χ0v) is 19.6. The van der Waals surface area contributed by atoms with Gasteiger partial charge in [-0.2, -0.15) is 11.8 Å². The second-order valence-electron chi connectivity index (χ2n) is 8.34. The smallest absolute Gasteiger partial charge is 0.263 e. The molecule has 3 aromatic rings. The summed E-state index contributed by atoms with van der Waals surface area (Å²) < 4.78 is 7.39. The van der Waals surface area contributed by atoms with Crippen LogP contribution in [-0.2, 0) is 11.3 Å². The molecule has 0 radical (unpaired) electrons. The van der Waals surface area contributed by atoms with E-state index >= 15 is 0 Å². The van der Waals surface area contributed by atoms with Crippen LogP contribution < -0.4 is 10.9 Å². The first-order valence-electron chi connectivity index (χ1n) is 11.0. The van der Waals surface area contributed by atoms with Crippen molar-refractivity contribution in [2.24, 2.45) is 0 Å². The van der Waals surface area contributed by atoms with Crippen molar-refractivity contribution in [1.29, 1.82) is 0 Å². The number of aryl methyl sites for hydroxylation is 2. The number of para-hydroxylation sites is 2. The highest BCUT2D eigenvalue weighted by atomic mass is 32.2. The van der Waals surface area contributed by atoms with Crippen LogP contribution in [0.5, 0.6) is 0 Å². The van der Waals surface area contributed by atoms with Gasteiger partial charge in [0.15, 0.2) is 0 Å². The molecule has 0 saturated carbocycles. The van der Waals surface area contributed by atoms with Gasteiger partial charge in [-0.25, -0.2) is 4.98 Å². The van der Waals surface area contributed by atoms with E-state index in [1.54, 1.807) is 16.3 Å². The van der Waals surface area contributed by atoms with Gasteiger partial charge in [-0.05, 0) is 68.9 Å². The van der Waals surface area contributed by atoms with Crippen molar-refractivity contribution in [3.63, 3.8) is 0 Å². The van der Waals surface area contributed by atoms with Crippen molar-refractivity contribution in [2.75, 3.05) is 18.6 Å². The van der Waals surface area contributed by atoms with Crippen LogP contribution in [0.2, 0.25) is 0 Å². The summed E-state index contributed by atoms with van der Waals surface area (Å²) in [7, 11) is 0. The maximum atomic E-state index is 13.3. The van der Waals surface area contributed by atoms with Crippen molar-refractivity contribution < 1.29 is 9.53 Å². The fourth-order valence-electron chi connectivity index (χ4n) is 4.30. The molecule has 1 aliphatic rings. The first-order chi connectivity index (χ1) is 15.5. The number of pyridine rings is 1. The lowest BCUT2D eigenvalue weighted by molar-refractivity contribution is 0.0915. The van der Waals surface area contributed by atoms with Crippen molar-refractivity contribution >= 4 is 28.7 Å². The Morgan fingerprint density at radius 3 is 2.91 bits per heavy atom. The Morgan fingerprint density at radius 1 is 1.38 bits per heavy atom. The number of aromatic nitrogens is 3. The van der Waals surface area contributed by atoms with E-state index in [9.17, 15) is 9.59 Å². The molecule has 1 amide bonds. The number of amides is 1. The molecule has 1 aromatic carbocycles. The number of carbonyl (C=O) groups excluding carboxylic acids is 1. The Hall–Kier alpha value is -2.58. The highest BCUT2D eigenvalue weighted by Gasteiger charge is 2.25. The number of thioether (sulfide) groups is 1. The van der Waals surface area contributed by atoms with Crippen LogP contribution in [0.1, 0.15) is 52.7 Å². The number of hydrogen-bond acceptors (Lipinski definition) is 5. The molecule has 0 unspecified atom stereocenters. The van der Waals surface area contributed by atoms with E-state index in [4.69, 9.17) is 4.74 Å². The number of aromatic amines is 1. The molecular formula is C24H30N4O3S. The zero-order valence-electron chi connectivity index (χ0n) is 18.8. The number of fused-ring (bicyclic) bond motifs is 1. The number of rotatable bonds is 8. The highest BCUT2D eigenvalue weighted by Crippen LogP contribution is 2.21. The van der Waals surface area contributed by atoms with Gasteiger partial charge in [0.05, 0.1) is 29.7 Å². The van der Waals surface area contributed by atoms with Crippen LogP contribution in [0.3, 0.4) is 0 Å². The summed E-state index contributed by atoms with van der Waals surface area (Å²) in [5.41, 5.74) is 3.24. The largest absolute Gasteiger partial charge is 0.376 e. The second kappa shape index (κ2) is 9.92. The first-order valence-corrected chi connectivity index (χ1v) is 12.4. The maximum absolute atomic E-state index is 13.3. The third-order valence-corrected chi connectivity index (χ3v) is 6.64.